The summed E-state index contributed by atoms with van der Waals surface area (Å²) in [5.74, 6) is 0.0269. The maximum absolute atomic E-state index is 11.6. The van der Waals surface area contributed by atoms with Gasteiger partial charge in [-0.25, -0.2) is 9.88 Å². The lowest BCUT2D eigenvalue weighted by atomic mass is 10.2. The maximum Gasteiger partial charge on any atom is 0.235 e. The molecule has 0 radical (unpaired) electrons. The highest BCUT2D eigenvalue weighted by Gasteiger charge is 2.32. The molecule has 0 saturated carbocycles. The minimum Gasteiger partial charge on any atom is -0.274 e. The van der Waals surface area contributed by atoms with Crippen molar-refractivity contribution in [2.24, 2.45) is 0 Å². The summed E-state index contributed by atoms with van der Waals surface area (Å²) in [4.78, 5) is 28.5. The van der Waals surface area contributed by atoms with Crippen LogP contribution in [0.3, 0.4) is 0 Å². The van der Waals surface area contributed by atoms with Crippen LogP contribution in [0.15, 0.2) is 6.07 Å². The lowest BCUT2D eigenvalue weighted by Crippen LogP contribution is -2.30. The summed E-state index contributed by atoms with van der Waals surface area (Å²) in [6.45, 7) is 3.53. The van der Waals surface area contributed by atoms with Crippen LogP contribution in [0, 0.1) is 13.8 Å². The van der Waals surface area contributed by atoms with E-state index in [4.69, 9.17) is 11.6 Å². The minimum atomic E-state index is -0.192. The van der Waals surface area contributed by atoms with E-state index in [1.807, 2.05) is 0 Å². The van der Waals surface area contributed by atoms with Crippen molar-refractivity contribution in [1.29, 1.82) is 0 Å². The molecule has 5 heteroatoms. The first-order valence-corrected chi connectivity index (χ1v) is 5.38. The highest BCUT2D eigenvalue weighted by molar-refractivity contribution is 6.31. The lowest BCUT2D eigenvalue weighted by Gasteiger charge is -2.16. The summed E-state index contributed by atoms with van der Waals surface area (Å²) in [6, 6.07) is 1.72. The molecule has 2 rings (SSSR count). The monoisotopic (exact) mass is 238 g/mol. The van der Waals surface area contributed by atoms with Gasteiger partial charge in [0.2, 0.25) is 11.8 Å². The van der Waals surface area contributed by atoms with E-state index < -0.39 is 0 Å². The molecule has 1 saturated heterocycles. The number of halogens is 1. The Balaban J connectivity index is 2.51. The van der Waals surface area contributed by atoms with Crippen molar-refractivity contribution in [1.82, 2.24) is 4.98 Å². The smallest absolute Gasteiger partial charge is 0.235 e. The number of pyridine rings is 1. The van der Waals surface area contributed by atoms with Gasteiger partial charge in [0.05, 0.1) is 10.7 Å². The second-order valence-electron chi connectivity index (χ2n) is 3.82. The van der Waals surface area contributed by atoms with Gasteiger partial charge in [0.1, 0.15) is 5.82 Å². The zero-order chi connectivity index (χ0) is 11.9. The number of imide groups is 1. The van der Waals surface area contributed by atoms with Crippen LogP contribution in [0.2, 0.25) is 5.02 Å². The van der Waals surface area contributed by atoms with Gasteiger partial charge in [-0.3, -0.25) is 9.59 Å². The SMILES string of the molecule is Cc1cc(Cl)c(C)nc1N1C(=O)CCC1=O. The average Bonchev–Trinajstić information content (AvgIpc) is 2.53. The third-order valence-corrected chi connectivity index (χ3v) is 2.96. The first kappa shape index (κ1) is 11.1. The Hall–Kier alpha value is -1.42. The Bertz CT molecular complexity index is 469. The molecule has 1 aliphatic rings. The molecule has 2 heterocycles. The molecule has 4 nitrogen and oxygen atoms in total. The van der Waals surface area contributed by atoms with Gasteiger partial charge in [-0.05, 0) is 25.5 Å². The van der Waals surface area contributed by atoms with E-state index in [0.717, 1.165) is 10.5 Å². The van der Waals surface area contributed by atoms with Crippen molar-refractivity contribution in [2.75, 3.05) is 4.90 Å². The predicted octanol–water partition coefficient (Wildman–Crippen LogP) is 2.01. The number of nitrogens with zero attached hydrogens (tertiary/aromatic N) is 2. The molecule has 1 fully saturated rings. The topological polar surface area (TPSA) is 50.3 Å². The second-order valence-corrected chi connectivity index (χ2v) is 4.23. The van der Waals surface area contributed by atoms with E-state index in [1.165, 1.54) is 0 Å². The quantitative estimate of drug-likeness (QED) is 0.704. The van der Waals surface area contributed by atoms with E-state index >= 15 is 0 Å². The van der Waals surface area contributed by atoms with Gasteiger partial charge in [0.25, 0.3) is 0 Å². The molecule has 0 spiro atoms. The van der Waals surface area contributed by atoms with Crippen LogP contribution in [0.4, 0.5) is 5.82 Å². The fraction of sp³-hybridized carbons (Fsp3) is 0.364. The summed E-state index contributed by atoms with van der Waals surface area (Å²) < 4.78 is 0. The van der Waals surface area contributed by atoms with Gasteiger partial charge in [0, 0.05) is 12.8 Å². The second kappa shape index (κ2) is 3.87. The molecule has 16 heavy (non-hydrogen) atoms. The van der Waals surface area contributed by atoms with Crippen LogP contribution in [-0.4, -0.2) is 16.8 Å². The van der Waals surface area contributed by atoms with Crippen molar-refractivity contribution in [3.8, 4) is 0 Å². The fourth-order valence-electron chi connectivity index (χ4n) is 1.70. The van der Waals surface area contributed by atoms with Gasteiger partial charge in [-0.2, -0.15) is 0 Å². The van der Waals surface area contributed by atoms with E-state index in [0.29, 0.717) is 16.5 Å². The molecule has 0 N–H and O–H groups in total. The Morgan fingerprint density at radius 1 is 1.25 bits per heavy atom. The van der Waals surface area contributed by atoms with Gasteiger partial charge in [0.15, 0.2) is 0 Å². The number of carbonyl (C=O) groups excluding carboxylic acids is 2. The summed E-state index contributed by atoms with van der Waals surface area (Å²) in [5, 5.41) is 0.542. The zero-order valence-corrected chi connectivity index (χ0v) is 9.84. The van der Waals surface area contributed by atoms with Gasteiger partial charge < -0.3 is 0 Å². The molecule has 1 aromatic rings. The Morgan fingerprint density at radius 2 is 1.81 bits per heavy atom. The number of aryl methyl sites for hydroxylation is 2. The normalized spacial score (nSPS) is 16.1. The average molecular weight is 239 g/mol. The number of rotatable bonds is 1. The van der Waals surface area contributed by atoms with Crippen molar-refractivity contribution in [3.63, 3.8) is 0 Å². The third kappa shape index (κ3) is 1.69. The van der Waals surface area contributed by atoms with Crippen LogP contribution in [0.1, 0.15) is 24.1 Å². The minimum absolute atomic E-state index is 0.192. The van der Waals surface area contributed by atoms with E-state index in [9.17, 15) is 9.59 Å². The van der Waals surface area contributed by atoms with Crippen LogP contribution in [0.5, 0.6) is 0 Å². The molecule has 1 aromatic heterocycles. The molecule has 0 bridgehead atoms. The lowest BCUT2D eigenvalue weighted by molar-refractivity contribution is -0.121. The number of amides is 2. The number of hydrogen-bond acceptors (Lipinski definition) is 3. The van der Waals surface area contributed by atoms with Crippen molar-refractivity contribution in [3.05, 3.63) is 22.3 Å². The van der Waals surface area contributed by atoms with E-state index in [1.54, 1.807) is 19.9 Å². The standard InChI is InChI=1S/C11H11ClN2O2/c1-6-5-8(12)7(2)13-11(6)14-9(15)3-4-10(14)16/h5H,3-4H2,1-2H3. The highest BCUT2D eigenvalue weighted by atomic mass is 35.5. The predicted molar refractivity (Wildman–Crippen MR) is 60.4 cm³/mol. The van der Waals surface area contributed by atoms with Crippen LogP contribution >= 0.6 is 11.6 Å². The van der Waals surface area contributed by atoms with Crippen LogP contribution < -0.4 is 4.90 Å². The largest absolute Gasteiger partial charge is 0.274 e. The fourth-order valence-corrected chi connectivity index (χ4v) is 1.90. The molecule has 0 atom stereocenters. The van der Waals surface area contributed by atoms with Crippen molar-refractivity contribution >= 4 is 29.2 Å². The molecule has 0 aliphatic carbocycles. The Morgan fingerprint density at radius 3 is 2.38 bits per heavy atom. The van der Waals surface area contributed by atoms with E-state index in [2.05, 4.69) is 4.98 Å². The molecule has 2 amide bonds. The number of anilines is 1. The maximum atomic E-state index is 11.6. The first-order chi connectivity index (χ1) is 7.50. The molecular formula is C11H11ClN2O2. The van der Waals surface area contributed by atoms with E-state index in [-0.39, 0.29) is 24.7 Å². The molecule has 84 valence electrons. The molecular weight excluding hydrogens is 228 g/mol. The number of carbonyl (C=O) groups is 2. The summed E-state index contributed by atoms with van der Waals surface area (Å²) in [7, 11) is 0. The van der Waals surface area contributed by atoms with Crippen molar-refractivity contribution < 1.29 is 9.59 Å². The van der Waals surface area contributed by atoms with Gasteiger partial charge in [-0.15, -0.1) is 0 Å². The van der Waals surface area contributed by atoms with Crippen molar-refractivity contribution in [2.45, 2.75) is 26.7 Å². The Kier molecular flexibility index (Phi) is 2.68. The van der Waals surface area contributed by atoms with Gasteiger partial charge in [-0.1, -0.05) is 11.6 Å². The zero-order valence-electron chi connectivity index (χ0n) is 9.08. The molecule has 1 aliphatic heterocycles. The number of aromatic nitrogens is 1. The molecule has 0 unspecified atom stereocenters. The third-order valence-electron chi connectivity index (χ3n) is 2.58. The summed E-state index contributed by atoms with van der Waals surface area (Å²) >= 11 is 5.91. The molecule has 0 aromatic carbocycles. The summed E-state index contributed by atoms with van der Waals surface area (Å²) in [5.41, 5.74) is 1.36. The van der Waals surface area contributed by atoms with Crippen LogP contribution in [0.25, 0.3) is 0 Å². The first-order valence-electron chi connectivity index (χ1n) is 5.00. The van der Waals surface area contributed by atoms with Gasteiger partial charge >= 0.3 is 0 Å². The summed E-state index contributed by atoms with van der Waals surface area (Å²) in [6.07, 6.45) is 0.531. The Labute approximate surface area is 98.2 Å². The highest BCUT2D eigenvalue weighted by Crippen LogP contribution is 2.27. The number of hydrogen-bond donors (Lipinski definition) is 0. The van der Waals surface area contributed by atoms with Crippen LogP contribution in [-0.2, 0) is 9.59 Å².